The zero-order valence-electron chi connectivity index (χ0n) is 9.37. The molecule has 0 unspecified atom stereocenters. The largest absolute Gasteiger partial charge is 0.311 e. The lowest BCUT2D eigenvalue weighted by atomic mass is 10.1. The van der Waals surface area contributed by atoms with Crippen LogP contribution in [0, 0.1) is 12.8 Å². The van der Waals surface area contributed by atoms with Gasteiger partial charge in [-0.25, -0.2) is 0 Å². The van der Waals surface area contributed by atoms with Gasteiger partial charge < -0.3 is 5.32 Å². The molecule has 82 valence electrons. The van der Waals surface area contributed by atoms with Crippen molar-refractivity contribution in [2.75, 3.05) is 6.54 Å². The molecule has 0 radical (unpaired) electrons. The fraction of sp³-hybridized carbons (Fsp3) is 0.667. The van der Waals surface area contributed by atoms with Gasteiger partial charge in [-0.1, -0.05) is 12.8 Å². The normalized spacial score (nSPS) is 17.1. The number of nitrogens with one attached hydrogen (secondary N) is 1. The molecule has 15 heavy (non-hydrogen) atoms. The van der Waals surface area contributed by atoms with Crippen LogP contribution in [0.1, 0.15) is 37.1 Å². The Balaban J connectivity index is 1.71. The average molecular weight is 205 g/mol. The van der Waals surface area contributed by atoms with E-state index in [1.54, 1.807) is 0 Å². The van der Waals surface area contributed by atoms with Gasteiger partial charge in [0.15, 0.2) is 0 Å². The third kappa shape index (κ3) is 3.27. The predicted molar refractivity (Wildman–Crippen MR) is 60.4 cm³/mol. The monoisotopic (exact) mass is 205 g/mol. The average Bonchev–Trinajstić information content (AvgIpc) is 2.74. The SMILES string of the molecule is Cc1cnc(CNCC2CCCC2)cn1. The highest BCUT2D eigenvalue weighted by Crippen LogP contribution is 2.23. The smallest absolute Gasteiger partial charge is 0.0724 e. The summed E-state index contributed by atoms with van der Waals surface area (Å²) in [5.74, 6) is 0.892. The lowest BCUT2D eigenvalue weighted by Crippen LogP contribution is -2.21. The molecule has 1 aromatic rings. The van der Waals surface area contributed by atoms with E-state index in [-0.39, 0.29) is 0 Å². The second-order valence-electron chi connectivity index (χ2n) is 4.43. The minimum absolute atomic E-state index is 0.851. The lowest BCUT2D eigenvalue weighted by molar-refractivity contribution is 0.486. The van der Waals surface area contributed by atoms with Crippen LogP contribution in [0.15, 0.2) is 12.4 Å². The van der Waals surface area contributed by atoms with Gasteiger partial charge in [0.2, 0.25) is 0 Å². The summed E-state index contributed by atoms with van der Waals surface area (Å²) in [5.41, 5.74) is 2.02. The highest BCUT2D eigenvalue weighted by atomic mass is 14.9. The number of nitrogens with zero attached hydrogens (tertiary/aromatic N) is 2. The fourth-order valence-electron chi connectivity index (χ4n) is 2.13. The van der Waals surface area contributed by atoms with E-state index in [1.807, 2.05) is 19.3 Å². The summed E-state index contributed by atoms with van der Waals surface area (Å²) < 4.78 is 0. The maximum Gasteiger partial charge on any atom is 0.0724 e. The predicted octanol–water partition coefficient (Wildman–Crippen LogP) is 2.06. The topological polar surface area (TPSA) is 37.8 Å². The Morgan fingerprint density at radius 2 is 2.07 bits per heavy atom. The Hall–Kier alpha value is -0.960. The summed E-state index contributed by atoms with van der Waals surface area (Å²) in [6.45, 7) is 3.95. The summed E-state index contributed by atoms with van der Waals surface area (Å²) in [6, 6.07) is 0. The van der Waals surface area contributed by atoms with Crippen molar-refractivity contribution in [2.24, 2.45) is 5.92 Å². The van der Waals surface area contributed by atoms with Crippen molar-refractivity contribution >= 4 is 0 Å². The van der Waals surface area contributed by atoms with Gasteiger partial charge in [-0.3, -0.25) is 9.97 Å². The van der Waals surface area contributed by atoms with Crippen LogP contribution in [0.5, 0.6) is 0 Å². The summed E-state index contributed by atoms with van der Waals surface area (Å²) in [7, 11) is 0. The molecule has 0 atom stereocenters. The maximum atomic E-state index is 4.32. The molecule has 1 aromatic heterocycles. The number of hydrogen-bond acceptors (Lipinski definition) is 3. The standard InChI is InChI=1S/C12H19N3/c1-10-6-15-12(9-14-10)8-13-7-11-4-2-3-5-11/h6,9,11,13H,2-5,7-8H2,1H3. The molecule has 1 aliphatic rings. The van der Waals surface area contributed by atoms with Gasteiger partial charge in [-0.2, -0.15) is 0 Å². The molecule has 2 rings (SSSR count). The van der Waals surface area contributed by atoms with Crippen molar-refractivity contribution in [2.45, 2.75) is 39.2 Å². The van der Waals surface area contributed by atoms with Crippen molar-refractivity contribution in [1.82, 2.24) is 15.3 Å². The number of aromatic nitrogens is 2. The molecule has 3 heteroatoms. The molecule has 0 spiro atoms. The Morgan fingerprint density at radius 1 is 1.27 bits per heavy atom. The first-order valence-corrected chi connectivity index (χ1v) is 5.83. The molecule has 0 bridgehead atoms. The number of hydrogen-bond donors (Lipinski definition) is 1. The molecule has 1 heterocycles. The Morgan fingerprint density at radius 3 is 2.73 bits per heavy atom. The first-order valence-electron chi connectivity index (χ1n) is 5.83. The summed E-state index contributed by atoms with van der Waals surface area (Å²) in [4.78, 5) is 8.54. The van der Waals surface area contributed by atoms with Gasteiger partial charge in [0, 0.05) is 18.9 Å². The van der Waals surface area contributed by atoms with Gasteiger partial charge in [-0.05, 0) is 32.2 Å². The first-order chi connectivity index (χ1) is 7.34. The molecule has 1 N–H and O–H groups in total. The zero-order chi connectivity index (χ0) is 10.5. The van der Waals surface area contributed by atoms with Crippen molar-refractivity contribution in [3.05, 3.63) is 23.8 Å². The Bertz CT molecular complexity index is 288. The summed E-state index contributed by atoms with van der Waals surface area (Å²) in [5, 5.41) is 3.46. The zero-order valence-corrected chi connectivity index (χ0v) is 9.37. The molecular formula is C12H19N3. The van der Waals surface area contributed by atoms with E-state index in [0.717, 1.165) is 30.4 Å². The summed E-state index contributed by atoms with van der Waals surface area (Å²) >= 11 is 0. The molecular weight excluding hydrogens is 186 g/mol. The van der Waals surface area contributed by atoms with Crippen molar-refractivity contribution in [3.8, 4) is 0 Å². The van der Waals surface area contributed by atoms with Gasteiger partial charge >= 0.3 is 0 Å². The Kier molecular flexibility index (Phi) is 3.67. The van der Waals surface area contributed by atoms with Gasteiger partial charge in [-0.15, -0.1) is 0 Å². The van der Waals surface area contributed by atoms with Crippen LogP contribution in [0.2, 0.25) is 0 Å². The second kappa shape index (κ2) is 5.21. The molecule has 0 saturated heterocycles. The second-order valence-corrected chi connectivity index (χ2v) is 4.43. The van der Waals surface area contributed by atoms with E-state index in [2.05, 4.69) is 15.3 Å². The van der Waals surface area contributed by atoms with Gasteiger partial charge in [0.25, 0.3) is 0 Å². The minimum atomic E-state index is 0.851. The van der Waals surface area contributed by atoms with E-state index in [9.17, 15) is 0 Å². The fourth-order valence-corrected chi connectivity index (χ4v) is 2.13. The molecule has 0 aromatic carbocycles. The highest BCUT2D eigenvalue weighted by molar-refractivity contribution is 5.00. The van der Waals surface area contributed by atoms with Crippen LogP contribution >= 0.6 is 0 Å². The molecule has 0 aliphatic heterocycles. The third-order valence-corrected chi connectivity index (χ3v) is 3.05. The van der Waals surface area contributed by atoms with Crippen LogP contribution in [-0.4, -0.2) is 16.5 Å². The van der Waals surface area contributed by atoms with Crippen LogP contribution < -0.4 is 5.32 Å². The van der Waals surface area contributed by atoms with Crippen molar-refractivity contribution in [1.29, 1.82) is 0 Å². The minimum Gasteiger partial charge on any atom is -0.311 e. The number of aryl methyl sites for hydroxylation is 1. The lowest BCUT2D eigenvalue weighted by Gasteiger charge is -2.09. The van der Waals surface area contributed by atoms with Crippen LogP contribution in [-0.2, 0) is 6.54 Å². The van der Waals surface area contributed by atoms with Crippen LogP contribution in [0.25, 0.3) is 0 Å². The van der Waals surface area contributed by atoms with Crippen LogP contribution in [0.4, 0.5) is 0 Å². The Labute approximate surface area is 91.3 Å². The van der Waals surface area contributed by atoms with E-state index < -0.39 is 0 Å². The van der Waals surface area contributed by atoms with E-state index in [0.29, 0.717) is 0 Å². The van der Waals surface area contributed by atoms with E-state index >= 15 is 0 Å². The number of rotatable bonds is 4. The maximum absolute atomic E-state index is 4.32. The van der Waals surface area contributed by atoms with Crippen molar-refractivity contribution < 1.29 is 0 Å². The van der Waals surface area contributed by atoms with Crippen LogP contribution in [0.3, 0.4) is 0 Å². The quantitative estimate of drug-likeness (QED) is 0.817. The third-order valence-electron chi connectivity index (χ3n) is 3.05. The van der Waals surface area contributed by atoms with E-state index in [4.69, 9.17) is 0 Å². The molecule has 1 fully saturated rings. The summed E-state index contributed by atoms with van der Waals surface area (Å²) in [6.07, 6.45) is 9.30. The molecule has 1 aliphatic carbocycles. The van der Waals surface area contributed by atoms with Gasteiger partial charge in [0.05, 0.1) is 11.4 Å². The molecule has 0 amide bonds. The van der Waals surface area contributed by atoms with Crippen molar-refractivity contribution in [3.63, 3.8) is 0 Å². The molecule has 3 nitrogen and oxygen atoms in total. The highest BCUT2D eigenvalue weighted by Gasteiger charge is 2.13. The van der Waals surface area contributed by atoms with E-state index in [1.165, 1.54) is 25.7 Å². The van der Waals surface area contributed by atoms with Gasteiger partial charge in [0.1, 0.15) is 0 Å². The molecule has 1 saturated carbocycles. The first kappa shape index (κ1) is 10.6.